The highest BCUT2D eigenvalue weighted by molar-refractivity contribution is 7.19. The lowest BCUT2D eigenvalue weighted by Crippen LogP contribution is -2.11. The number of methoxy groups -OCH3 is 2. The first-order valence-electron chi connectivity index (χ1n) is 9.39. The van der Waals surface area contributed by atoms with E-state index in [1.807, 2.05) is 23.5 Å². The molecule has 5 nitrogen and oxygen atoms in total. The average Bonchev–Trinajstić information content (AvgIpc) is 3.06. The summed E-state index contributed by atoms with van der Waals surface area (Å²) in [7, 11) is 3.32. The van der Waals surface area contributed by atoms with Crippen molar-refractivity contribution in [2.24, 2.45) is 5.92 Å². The molecule has 0 radical (unpaired) electrons. The van der Waals surface area contributed by atoms with E-state index >= 15 is 0 Å². The molecule has 3 aromatic rings. The minimum Gasteiger partial charge on any atom is -0.493 e. The first kappa shape index (κ1) is 18.0. The zero-order valence-corrected chi connectivity index (χ0v) is 16.9. The van der Waals surface area contributed by atoms with Gasteiger partial charge in [0, 0.05) is 11.4 Å². The van der Waals surface area contributed by atoms with E-state index in [2.05, 4.69) is 28.3 Å². The highest BCUT2D eigenvalue weighted by atomic mass is 32.1. The lowest BCUT2D eigenvalue weighted by Gasteiger charge is -2.18. The van der Waals surface area contributed by atoms with Gasteiger partial charge in [-0.1, -0.05) is 13.0 Å². The van der Waals surface area contributed by atoms with E-state index in [1.165, 1.54) is 34.2 Å². The Kier molecular flexibility index (Phi) is 5.16. The number of nitrogens with zero attached hydrogens (tertiary/aromatic N) is 2. The van der Waals surface area contributed by atoms with Crippen LogP contribution in [0.2, 0.25) is 0 Å². The fraction of sp³-hybridized carbons (Fsp3) is 0.429. The van der Waals surface area contributed by atoms with Crippen LogP contribution in [-0.2, 0) is 19.3 Å². The largest absolute Gasteiger partial charge is 0.493 e. The number of benzene rings is 1. The molecule has 6 heteroatoms. The molecule has 0 aliphatic heterocycles. The molecule has 0 spiro atoms. The van der Waals surface area contributed by atoms with Crippen LogP contribution in [0.15, 0.2) is 24.5 Å². The molecule has 0 amide bonds. The molecule has 27 heavy (non-hydrogen) atoms. The number of nitrogens with one attached hydrogen (secondary N) is 1. The van der Waals surface area contributed by atoms with Crippen molar-refractivity contribution in [1.29, 1.82) is 0 Å². The molecule has 1 atom stereocenters. The Balaban J connectivity index is 1.52. The van der Waals surface area contributed by atoms with Crippen molar-refractivity contribution in [3.63, 3.8) is 0 Å². The zero-order chi connectivity index (χ0) is 18.8. The number of anilines is 1. The Morgan fingerprint density at radius 3 is 2.85 bits per heavy atom. The number of thiophene rings is 1. The fourth-order valence-electron chi connectivity index (χ4n) is 3.78. The third-order valence-electron chi connectivity index (χ3n) is 5.24. The zero-order valence-electron chi connectivity index (χ0n) is 16.0. The maximum atomic E-state index is 5.40. The van der Waals surface area contributed by atoms with Crippen LogP contribution < -0.4 is 14.8 Å². The van der Waals surface area contributed by atoms with Crippen LogP contribution in [0.4, 0.5) is 5.82 Å². The smallest absolute Gasteiger partial charge is 0.160 e. The summed E-state index contributed by atoms with van der Waals surface area (Å²) in [4.78, 5) is 11.7. The summed E-state index contributed by atoms with van der Waals surface area (Å²) in [6, 6.07) is 6.06. The van der Waals surface area contributed by atoms with Gasteiger partial charge in [0.2, 0.25) is 0 Å². The summed E-state index contributed by atoms with van der Waals surface area (Å²) in [5.41, 5.74) is 2.66. The highest BCUT2D eigenvalue weighted by Crippen LogP contribution is 2.39. The normalized spacial score (nSPS) is 16.2. The second-order valence-electron chi connectivity index (χ2n) is 7.12. The van der Waals surface area contributed by atoms with Crippen LogP contribution in [-0.4, -0.2) is 30.7 Å². The summed E-state index contributed by atoms with van der Waals surface area (Å²) < 4.78 is 10.7. The number of hydrogen-bond donors (Lipinski definition) is 1. The Hall–Kier alpha value is -2.34. The second kappa shape index (κ2) is 7.72. The van der Waals surface area contributed by atoms with E-state index in [9.17, 15) is 0 Å². The van der Waals surface area contributed by atoms with E-state index in [-0.39, 0.29) is 0 Å². The first-order valence-corrected chi connectivity index (χ1v) is 10.2. The van der Waals surface area contributed by atoms with E-state index in [0.29, 0.717) is 0 Å². The second-order valence-corrected chi connectivity index (χ2v) is 8.20. The molecule has 4 rings (SSSR count). The third kappa shape index (κ3) is 3.58. The molecule has 2 heterocycles. The fourth-order valence-corrected chi connectivity index (χ4v) is 4.96. The van der Waals surface area contributed by atoms with Crippen molar-refractivity contribution >= 4 is 27.4 Å². The van der Waals surface area contributed by atoms with Gasteiger partial charge >= 0.3 is 0 Å². The molecule has 0 saturated carbocycles. The molecule has 1 aliphatic carbocycles. The SMILES string of the molecule is COc1ccc(CCNc2ncnc3sc4c(c23)CC(C)CC4)cc1OC. The molecule has 1 unspecified atom stereocenters. The highest BCUT2D eigenvalue weighted by Gasteiger charge is 2.23. The molecule has 1 aromatic carbocycles. The van der Waals surface area contributed by atoms with Crippen LogP contribution in [0, 0.1) is 5.92 Å². The molecule has 0 saturated heterocycles. The van der Waals surface area contributed by atoms with E-state index in [0.717, 1.165) is 47.5 Å². The number of ether oxygens (including phenoxy) is 2. The van der Waals surface area contributed by atoms with Crippen LogP contribution in [0.25, 0.3) is 10.2 Å². The van der Waals surface area contributed by atoms with Crippen molar-refractivity contribution < 1.29 is 9.47 Å². The molecular formula is C21H25N3O2S. The summed E-state index contributed by atoms with van der Waals surface area (Å²) in [5, 5.41) is 4.77. The summed E-state index contributed by atoms with van der Waals surface area (Å²) in [6.07, 6.45) is 6.13. The van der Waals surface area contributed by atoms with E-state index in [1.54, 1.807) is 20.5 Å². The molecular weight excluding hydrogens is 358 g/mol. The predicted octanol–water partition coefficient (Wildman–Crippen LogP) is 4.49. The van der Waals surface area contributed by atoms with E-state index < -0.39 is 0 Å². The summed E-state index contributed by atoms with van der Waals surface area (Å²) in [5.74, 6) is 3.22. The predicted molar refractivity (Wildman–Crippen MR) is 110 cm³/mol. The minimum atomic E-state index is 0.732. The van der Waals surface area contributed by atoms with Gasteiger partial charge in [0.1, 0.15) is 17.0 Å². The summed E-state index contributed by atoms with van der Waals surface area (Å²) in [6.45, 7) is 3.14. The van der Waals surface area contributed by atoms with Gasteiger partial charge in [-0.2, -0.15) is 0 Å². The van der Waals surface area contributed by atoms with Crippen molar-refractivity contribution in [2.75, 3.05) is 26.1 Å². The van der Waals surface area contributed by atoms with Crippen molar-refractivity contribution in [3.8, 4) is 11.5 Å². The number of aryl methyl sites for hydroxylation is 1. The average molecular weight is 384 g/mol. The monoisotopic (exact) mass is 383 g/mol. The standard InChI is InChI=1S/C21H25N3O2S/c1-13-4-7-18-15(10-13)19-20(23-12-24-21(19)27-18)22-9-8-14-5-6-16(25-2)17(11-14)26-3/h5-6,11-13H,4,7-10H2,1-3H3,(H,22,23,24). The maximum absolute atomic E-state index is 5.40. The third-order valence-corrected chi connectivity index (χ3v) is 6.44. The number of aromatic nitrogens is 2. The molecule has 1 N–H and O–H groups in total. The van der Waals surface area contributed by atoms with Gasteiger partial charge in [0.15, 0.2) is 11.5 Å². The Morgan fingerprint density at radius 2 is 2.04 bits per heavy atom. The Morgan fingerprint density at radius 1 is 1.19 bits per heavy atom. The number of fused-ring (bicyclic) bond motifs is 3. The van der Waals surface area contributed by atoms with Crippen LogP contribution in [0.1, 0.15) is 29.3 Å². The van der Waals surface area contributed by atoms with Crippen molar-refractivity contribution in [3.05, 3.63) is 40.5 Å². The van der Waals surface area contributed by atoms with Crippen molar-refractivity contribution in [2.45, 2.75) is 32.6 Å². The van der Waals surface area contributed by atoms with Gasteiger partial charge in [-0.15, -0.1) is 11.3 Å². The van der Waals surface area contributed by atoms with Crippen LogP contribution in [0.5, 0.6) is 11.5 Å². The number of rotatable bonds is 6. The molecule has 1 aliphatic rings. The number of hydrogen-bond acceptors (Lipinski definition) is 6. The van der Waals surface area contributed by atoms with Crippen LogP contribution in [0.3, 0.4) is 0 Å². The minimum absolute atomic E-state index is 0.732. The van der Waals surface area contributed by atoms with Crippen LogP contribution >= 0.6 is 11.3 Å². The molecule has 0 fully saturated rings. The summed E-state index contributed by atoms with van der Waals surface area (Å²) >= 11 is 1.83. The Labute approximate surface area is 163 Å². The van der Waals surface area contributed by atoms with Gasteiger partial charge in [0.05, 0.1) is 19.6 Å². The maximum Gasteiger partial charge on any atom is 0.160 e. The van der Waals surface area contributed by atoms with Gasteiger partial charge in [0.25, 0.3) is 0 Å². The van der Waals surface area contributed by atoms with Gasteiger partial charge in [-0.25, -0.2) is 9.97 Å². The quantitative estimate of drug-likeness (QED) is 0.680. The van der Waals surface area contributed by atoms with Gasteiger partial charge < -0.3 is 14.8 Å². The first-order chi connectivity index (χ1) is 13.2. The molecule has 2 aromatic heterocycles. The van der Waals surface area contributed by atoms with E-state index in [4.69, 9.17) is 9.47 Å². The Bertz CT molecular complexity index is 954. The molecule has 0 bridgehead atoms. The van der Waals surface area contributed by atoms with Gasteiger partial charge in [-0.05, 0) is 54.9 Å². The van der Waals surface area contributed by atoms with Crippen molar-refractivity contribution in [1.82, 2.24) is 9.97 Å². The lowest BCUT2D eigenvalue weighted by atomic mass is 9.88. The topological polar surface area (TPSA) is 56.3 Å². The molecule has 142 valence electrons. The van der Waals surface area contributed by atoms with Gasteiger partial charge in [-0.3, -0.25) is 0 Å². The lowest BCUT2D eigenvalue weighted by molar-refractivity contribution is 0.354.